The molecule has 0 saturated carbocycles. The molecule has 9 nitrogen and oxygen atoms in total. The van der Waals surface area contributed by atoms with Crippen molar-refractivity contribution < 1.29 is 19.5 Å². The summed E-state index contributed by atoms with van der Waals surface area (Å²) in [6, 6.07) is 26.2. The van der Waals surface area contributed by atoms with E-state index in [9.17, 15) is 19.5 Å². The van der Waals surface area contributed by atoms with Crippen molar-refractivity contribution in [1.82, 2.24) is 21.3 Å². The van der Waals surface area contributed by atoms with Gasteiger partial charge in [0.1, 0.15) is 5.75 Å². The highest BCUT2D eigenvalue weighted by atomic mass is 32.2. The Balaban J connectivity index is 1.29. The molecule has 0 radical (unpaired) electrons. The van der Waals surface area contributed by atoms with Gasteiger partial charge in [-0.15, -0.1) is 11.8 Å². The van der Waals surface area contributed by atoms with Gasteiger partial charge in [0.05, 0.1) is 11.8 Å². The molecule has 5 N–H and O–H groups in total. The molecule has 0 bridgehead atoms. The molecule has 1 spiro atoms. The van der Waals surface area contributed by atoms with Crippen LogP contribution in [0.2, 0.25) is 0 Å². The van der Waals surface area contributed by atoms with E-state index in [1.807, 2.05) is 60.7 Å². The number of rotatable bonds is 5. The van der Waals surface area contributed by atoms with Gasteiger partial charge in [0.15, 0.2) is 0 Å². The molecule has 2 unspecified atom stereocenters. The molecule has 6 rings (SSSR count). The molecule has 2 heterocycles. The summed E-state index contributed by atoms with van der Waals surface area (Å²) in [5.41, 5.74) is 10.8. The molecule has 0 aliphatic carbocycles. The third-order valence-electron chi connectivity index (χ3n) is 6.73. The lowest BCUT2D eigenvalue weighted by Crippen LogP contribution is -2.59. The standard InChI is InChI=1S/C28H23N5O4S/c34-22-15-14-17-8-4-5-11-19(17)24(22)25(18-9-2-1-3-10-18)30-31-27(37)32-33-23(35)16-38-28(33)20-12-6-7-13-21(20)29-26(28)36/h1-15,25,30,34H,16H2,(H,29,36)(H2,31,32,37). The highest BCUT2D eigenvalue weighted by Gasteiger charge is 2.58. The summed E-state index contributed by atoms with van der Waals surface area (Å²) < 4.78 is 0. The first kappa shape index (κ1) is 23.8. The molecule has 4 amide bonds. The van der Waals surface area contributed by atoms with Gasteiger partial charge in [-0.25, -0.2) is 20.7 Å². The highest BCUT2D eigenvalue weighted by Crippen LogP contribution is 2.51. The monoisotopic (exact) mass is 525 g/mol. The zero-order chi connectivity index (χ0) is 26.3. The van der Waals surface area contributed by atoms with Crippen LogP contribution < -0.4 is 21.6 Å². The zero-order valence-corrected chi connectivity index (χ0v) is 20.8. The number of benzene rings is 4. The Morgan fingerprint density at radius 2 is 1.68 bits per heavy atom. The van der Waals surface area contributed by atoms with Crippen LogP contribution in [0.3, 0.4) is 0 Å². The maximum Gasteiger partial charge on any atom is 0.348 e. The third-order valence-corrected chi connectivity index (χ3v) is 8.13. The van der Waals surface area contributed by atoms with Gasteiger partial charge in [0.25, 0.3) is 11.8 Å². The van der Waals surface area contributed by atoms with E-state index in [-0.39, 0.29) is 11.5 Å². The first-order valence-electron chi connectivity index (χ1n) is 11.9. The molecule has 0 aromatic heterocycles. The molecule has 1 fully saturated rings. The summed E-state index contributed by atoms with van der Waals surface area (Å²) in [7, 11) is 0. The van der Waals surface area contributed by atoms with Crippen LogP contribution in [0, 0.1) is 0 Å². The van der Waals surface area contributed by atoms with Gasteiger partial charge in [-0.3, -0.25) is 15.0 Å². The molecule has 4 aromatic rings. The number of phenols is 1. The van der Waals surface area contributed by atoms with Gasteiger partial charge in [-0.1, -0.05) is 78.9 Å². The molecule has 10 heteroatoms. The average molecular weight is 526 g/mol. The van der Waals surface area contributed by atoms with Crippen molar-refractivity contribution in [2.45, 2.75) is 10.9 Å². The van der Waals surface area contributed by atoms with E-state index in [2.05, 4.69) is 21.6 Å². The minimum absolute atomic E-state index is 0.0337. The second-order valence-corrected chi connectivity index (χ2v) is 10.1. The summed E-state index contributed by atoms with van der Waals surface area (Å²) in [6.07, 6.45) is 0. The van der Waals surface area contributed by atoms with E-state index in [1.165, 1.54) is 0 Å². The Labute approximate surface area is 222 Å². The second kappa shape index (κ2) is 9.40. The van der Waals surface area contributed by atoms with Crippen molar-refractivity contribution in [3.05, 3.63) is 108 Å². The molecule has 190 valence electrons. The summed E-state index contributed by atoms with van der Waals surface area (Å²) in [5.74, 6) is -0.697. The fraction of sp³-hybridized carbons (Fsp3) is 0.107. The quantitative estimate of drug-likeness (QED) is 0.253. The van der Waals surface area contributed by atoms with E-state index < -0.39 is 28.8 Å². The van der Waals surface area contributed by atoms with Crippen molar-refractivity contribution in [1.29, 1.82) is 0 Å². The predicted octanol–water partition coefficient (Wildman–Crippen LogP) is 3.73. The topological polar surface area (TPSA) is 123 Å². The number of anilines is 1. The van der Waals surface area contributed by atoms with Gasteiger partial charge in [0, 0.05) is 16.8 Å². The molecular weight excluding hydrogens is 502 g/mol. The Bertz CT molecular complexity index is 1580. The summed E-state index contributed by atoms with van der Waals surface area (Å²) in [5, 5.41) is 16.5. The number of hydrogen-bond acceptors (Lipinski definition) is 6. The lowest BCUT2D eigenvalue weighted by Gasteiger charge is -2.32. The Hall–Kier alpha value is -4.54. The van der Waals surface area contributed by atoms with Crippen LogP contribution in [-0.4, -0.2) is 33.7 Å². The number of para-hydroxylation sites is 1. The second-order valence-electron chi connectivity index (χ2n) is 8.94. The van der Waals surface area contributed by atoms with Crippen molar-refractivity contribution in [2.75, 3.05) is 11.1 Å². The van der Waals surface area contributed by atoms with Gasteiger partial charge in [0.2, 0.25) is 4.87 Å². The number of thioether (sulfide) groups is 1. The maximum absolute atomic E-state index is 13.1. The maximum atomic E-state index is 13.1. The summed E-state index contributed by atoms with van der Waals surface area (Å²) in [4.78, 5) is 37.6. The van der Waals surface area contributed by atoms with Gasteiger partial charge in [-0.05, 0) is 28.5 Å². The molecule has 4 aromatic carbocycles. The van der Waals surface area contributed by atoms with E-state index in [0.29, 0.717) is 16.8 Å². The van der Waals surface area contributed by atoms with Crippen molar-refractivity contribution in [3.8, 4) is 5.75 Å². The van der Waals surface area contributed by atoms with Crippen LogP contribution in [0.25, 0.3) is 10.8 Å². The van der Waals surface area contributed by atoms with Gasteiger partial charge < -0.3 is 10.4 Å². The van der Waals surface area contributed by atoms with Crippen LogP contribution >= 0.6 is 11.8 Å². The summed E-state index contributed by atoms with van der Waals surface area (Å²) >= 11 is 1.15. The number of carbonyl (C=O) groups excluding carboxylic acids is 3. The van der Waals surface area contributed by atoms with Crippen LogP contribution in [-0.2, 0) is 14.5 Å². The highest BCUT2D eigenvalue weighted by molar-refractivity contribution is 8.02. The molecule has 2 aliphatic heterocycles. The number of amides is 4. The molecule has 38 heavy (non-hydrogen) atoms. The number of aromatic hydroxyl groups is 1. The fourth-order valence-corrected chi connectivity index (χ4v) is 6.27. The minimum atomic E-state index is -1.39. The smallest absolute Gasteiger partial charge is 0.348 e. The van der Waals surface area contributed by atoms with Crippen LogP contribution in [0.4, 0.5) is 10.5 Å². The lowest BCUT2D eigenvalue weighted by molar-refractivity contribution is -0.139. The van der Waals surface area contributed by atoms with Crippen LogP contribution in [0.15, 0.2) is 91.0 Å². The molecule has 2 atom stereocenters. The fourth-order valence-electron chi connectivity index (χ4n) is 5.02. The lowest BCUT2D eigenvalue weighted by atomic mass is 9.93. The number of nitrogens with one attached hydrogen (secondary N) is 4. The summed E-state index contributed by atoms with van der Waals surface area (Å²) in [6.45, 7) is 0. The largest absolute Gasteiger partial charge is 0.508 e. The van der Waals surface area contributed by atoms with E-state index in [4.69, 9.17) is 0 Å². The number of nitrogens with zero attached hydrogens (tertiary/aromatic N) is 1. The van der Waals surface area contributed by atoms with Crippen molar-refractivity contribution in [3.63, 3.8) is 0 Å². The van der Waals surface area contributed by atoms with E-state index >= 15 is 0 Å². The van der Waals surface area contributed by atoms with E-state index in [0.717, 1.165) is 33.1 Å². The number of hydrogen-bond donors (Lipinski definition) is 5. The third kappa shape index (κ3) is 3.82. The van der Waals surface area contributed by atoms with Crippen LogP contribution in [0.1, 0.15) is 22.7 Å². The SMILES string of the molecule is O=C(NNC(c1ccccc1)c1c(O)ccc2ccccc12)NN1C(=O)CSC12C(=O)Nc1ccccc12. The van der Waals surface area contributed by atoms with Gasteiger partial charge >= 0.3 is 6.03 Å². The number of urea groups is 1. The number of fused-ring (bicyclic) bond motifs is 3. The normalized spacial score (nSPS) is 18.9. The molecular formula is C28H23N5O4S. The molecule has 1 saturated heterocycles. The Morgan fingerprint density at radius 1 is 0.947 bits per heavy atom. The zero-order valence-electron chi connectivity index (χ0n) is 20.0. The average Bonchev–Trinajstić information content (AvgIpc) is 3.42. The first-order chi connectivity index (χ1) is 18.5. The first-order valence-corrected chi connectivity index (χ1v) is 12.9. The molecule has 2 aliphatic rings. The minimum Gasteiger partial charge on any atom is -0.508 e. The number of phenolic OH excluding ortho intramolecular Hbond substituents is 1. The number of carbonyl (C=O) groups is 3. The van der Waals surface area contributed by atoms with E-state index in [1.54, 1.807) is 30.3 Å². The Kier molecular flexibility index (Phi) is 5.90. The Morgan fingerprint density at radius 3 is 2.53 bits per heavy atom. The number of hydrazine groups is 2. The van der Waals surface area contributed by atoms with Crippen molar-refractivity contribution in [2.24, 2.45) is 0 Å². The predicted molar refractivity (Wildman–Crippen MR) is 145 cm³/mol. The van der Waals surface area contributed by atoms with Crippen LogP contribution in [0.5, 0.6) is 5.75 Å². The van der Waals surface area contributed by atoms with Crippen molar-refractivity contribution >= 4 is 46.1 Å². The van der Waals surface area contributed by atoms with Gasteiger partial charge in [-0.2, -0.15) is 0 Å².